The number of amides is 2. The third-order valence-electron chi connectivity index (χ3n) is 3.94. The highest BCUT2D eigenvalue weighted by molar-refractivity contribution is 5.96. The largest absolute Gasteiger partial charge is 0.382 e. The number of likely N-dealkylation sites (tertiary alicyclic amines) is 1. The lowest BCUT2D eigenvalue weighted by Crippen LogP contribution is -2.42. The van der Waals surface area contributed by atoms with E-state index in [9.17, 15) is 4.79 Å². The van der Waals surface area contributed by atoms with Crippen LogP contribution in [0, 0.1) is 0 Å². The highest BCUT2D eigenvalue weighted by Gasteiger charge is 2.26. The zero-order valence-corrected chi connectivity index (χ0v) is 12.5. The number of carbonyl (C=O) groups is 1. The van der Waals surface area contributed by atoms with E-state index in [-0.39, 0.29) is 6.03 Å². The first-order chi connectivity index (χ1) is 10.1. The van der Waals surface area contributed by atoms with Crippen molar-refractivity contribution in [2.24, 2.45) is 15.8 Å². The first-order valence-corrected chi connectivity index (χ1v) is 7.00. The molecule has 1 aliphatic heterocycles. The van der Waals surface area contributed by atoms with E-state index in [1.165, 1.54) is 0 Å². The Morgan fingerprint density at radius 2 is 2.10 bits per heavy atom. The Bertz CT molecular complexity index is 554. The molecular formula is C14H22N6O. The molecule has 7 nitrogen and oxygen atoms in total. The summed E-state index contributed by atoms with van der Waals surface area (Å²) in [6.07, 6.45) is 1.80. The van der Waals surface area contributed by atoms with Gasteiger partial charge in [-0.15, -0.1) is 0 Å². The van der Waals surface area contributed by atoms with E-state index in [1.807, 2.05) is 17.0 Å². The second kappa shape index (κ2) is 6.43. The van der Waals surface area contributed by atoms with E-state index in [4.69, 9.17) is 5.73 Å². The van der Waals surface area contributed by atoms with E-state index in [0.29, 0.717) is 11.8 Å². The van der Waals surface area contributed by atoms with E-state index in [0.717, 1.165) is 37.3 Å². The average molecular weight is 290 g/mol. The Labute approximate surface area is 124 Å². The molecular weight excluding hydrogens is 268 g/mol. The quantitative estimate of drug-likeness (QED) is 0.637. The van der Waals surface area contributed by atoms with Crippen molar-refractivity contribution in [1.29, 1.82) is 0 Å². The van der Waals surface area contributed by atoms with Gasteiger partial charge in [-0.2, -0.15) is 5.10 Å². The molecule has 114 valence electrons. The lowest BCUT2D eigenvalue weighted by atomic mass is 9.94. The number of piperidine rings is 1. The summed E-state index contributed by atoms with van der Waals surface area (Å²) in [7, 11) is 3.30. The van der Waals surface area contributed by atoms with Crippen LogP contribution in [0.4, 0.5) is 4.79 Å². The number of urea groups is 1. The molecule has 1 aliphatic rings. The van der Waals surface area contributed by atoms with Gasteiger partial charge < -0.3 is 16.0 Å². The molecule has 0 saturated carbocycles. The number of nitrogens with two attached hydrogens (primary N) is 1. The third-order valence-corrected chi connectivity index (χ3v) is 3.94. The van der Waals surface area contributed by atoms with Gasteiger partial charge in [-0.05, 0) is 25.0 Å². The minimum Gasteiger partial charge on any atom is -0.382 e. The number of hydrogen-bond donors (Lipinski definition) is 2. The molecule has 2 heterocycles. The molecule has 21 heavy (non-hydrogen) atoms. The van der Waals surface area contributed by atoms with Gasteiger partial charge in [0.1, 0.15) is 11.5 Å². The fourth-order valence-electron chi connectivity index (χ4n) is 2.76. The number of hydrogen-bond acceptors (Lipinski definition) is 3. The molecule has 0 aromatic carbocycles. The fourth-order valence-corrected chi connectivity index (χ4v) is 2.76. The van der Waals surface area contributed by atoms with Gasteiger partial charge >= 0.3 is 6.03 Å². The van der Waals surface area contributed by atoms with Crippen LogP contribution in [0.2, 0.25) is 0 Å². The zero-order valence-electron chi connectivity index (χ0n) is 12.5. The van der Waals surface area contributed by atoms with Crippen LogP contribution >= 0.6 is 0 Å². The van der Waals surface area contributed by atoms with Gasteiger partial charge in [-0.3, -0.25) is 4.99 Å². The van der Waals surface area contributed by atoms with Crippen LogP contribution in [0.5, 0.6) is 0 Å². The van der Waals surface area contributed by atoms with Crippen molar-refractivity contribution in [3.05, 3.63) is 23.5 Å². The van der Waals surface area contributed by atoms with Crippen molar-refractivity contribution < 1.29 is 4.79 Å². The van der Waals surface area contributed by atoms with Crippen LogP contribution in [-0.2, 0) is 0 Å². The molecule has 1 saturated heterocycles. The van der Waals surface area contributed by atoms with Crippen LogP contribution in [0.3, 0.4) is 0 Å². The predicted molar refractivity (Wildman–Crippen MR) is 84.0 cm³/mol. The predicted octanol–water partition coefficient (Wildman–Crippen LogP) is 0.806. The van der Waals surface area contributed by atoms with Crippen LogP contribution in [0.15, 0.2) is 22.2 Å². The summed E-state index contributed by atoms with van der Waals surface area (Å²) in [6, 6.07) is 3.91. The Morgan fingerprint density at radius 3 is 2.62 bits per heavy atom. The molecule has 0 aliphatic carbocycles. The molecule has 3 N–H and O–H groups in total. The number of aromatic nitrogens is 1. The Balaban J connectivity index is 2.16. The summed E-state index contributed by atoms with van der Waals surface area (Å²) >= 11 is 0. The maximum Gasteiger partial charge on any atom is 0.317 e. The number of amidine groups is 1. The van der Waals surface area contributed by atoms with Crippen LogP contribution in [0.1, 0.15) is 30.1 Å². The Kier molecular flexibility index (Phi) is 4.62. The SMILES string of the molecule is C=Nn1c(C(N)=NC)ccc1C1CCN(C(=O)NC)CC1. The highest BCUT2D eigenvalue weighted by atomic mass is 16.2. The van der Waals surface area contributed by atoms with Gasteiger partial charge in [0.25, 0.3) is 0 Å². The van der Waals surface area contributed by atoms with Gasteiger partial charge in [0, 0.05) is 45.5 Å². The molecule has 1 aromatic rings. The van der Waals surface area contributed by atoms with Crippen molar-refractivity contribution in [2.45, 2.75) is 18.8 Å². The van der Waals surface area contributed by atoms with Crippen molar-refractivity contribution in [3.8, 4) is 0 Å². The van der Waals surface area contributed by atoms with Crippen molar-refractivity contribution in [3.63, 3.8) is 0 Å². The van der Waals surface area contributed by atoms with Crippen LogP contribution in [-0.4, -0.2) is 55.3 Å². The first kappa shape index (κ1) is 15.1. The molecule has 0 unspecified atom stereocenters. The van der Waals surface area contributed by atoms with E-state index >= 15 is 0 Å². The van der Waals surface area contributed by atoms with Gasteiger partial charge in [0.15, 0.2) is 0 Å². The summed E-state index contributed by atoms with van der Waals surface area (Å²) in [5.41, 5.74) is 7.71. The van der Waals surface area contributed by atoms with Gasteiger partial charge in [-0.1, -0.05) is 0 Å². The van der Waals surface area contributed by atoms with E-state index in [2.05, 4.69) is 22.1 Å². The highest BCUT2D eigenvalue weighted by Crippen LogP contribution is 2.29. The second-order valence-electron chi connectivity index (χ2n) is 5.02. The molecule has 0 radical (unpaired) electrons. The number of nitrogens with zero attached hydrogens (tertiary/aromatic N) is 4. The normalized spacial score (nSPS) is 16.9. The molecule has 2 amide bonds. The molecule has 0 bridgehead atoms. The first-order valence-electron chi connectivity index (χ1n) is 7.00. The van der Waals surface area contributed by atoms with Crippen molar-refractivity contribution in [1.82, 2.24) is 14.9 Å². The molecule has 7 heteroatoms. The summed E-state index contributed by atoms with van der Waals surface area (Å²) in [4.78, 5) is 17.4. The summed E-state index contributed by atoms with van der Waals surface area (Å²) in [6.45, 7) is 5.09. The van der Waals surface area contributed by atoms with Crippen molar-refractivity contribution >= 4 is 18.6 Å². The Hall–Kier alpha value is -2.31. The summed E-state index contributed by atoms with van der Waals surface area (Å²) in [5.74, 6) is 0.784. The molecule has 1 fully saturated rings. The monoisotopic (exact) mass is 290 g/mol. The van der Waals surface area contributed by atoms with E-state index < -0.39 is 0 Å². The number of carbonyl (C=O) groups excluding carboxylic acids is 1. The van der Waals surface area contributed by atoms with Crippen LogP contribution < -0.4 is 11.1 Å². The summed E-state index contributed by atoms with van der Waals surface area (Å²) in [5, 5.41) is 6.72. The lowest BCUT2D eigenvalue weighted by Gasteiger charge is -2.31. The Morgan fingerprint density at radius 1 is 1.43 bits per heavy atom. The minimum atomic E-state index is -0.0197. The lowest BCUT2D eigenvalue weighted by molar-refractivity contribution is 0.182. The van der Waals surface area contributed by atoms with Crippen LogP contribution in [0.25, 0.3) is 0 Å². The number of aliphatic imine (C=N–C) groups is 1. The molecule has 1 aromatic heterocycles. The van der Waals surface area contributed by atoms with Gasteiger partial charge in [-0.25, -0.2) is 9.47 Å². The number of rotatable bonds is 3. The summed E-state index contributed by atoms with van der Waals surface area (Å²) < 4.78 is 1.75. The smallest absolute Gasteiger partial charge is 0.317 e. The zero-order chi connectivity index (χ0) is 15.4. The van der Waals surface area contributed by atoms with Crippen molar-refractivity contribution in [2.75, 3.05) is 27.2 Å². The third kappa shape index (κ3) is 2.91. The maximum absolute atomic E-state index is 11.6. The number of nitrogens with one attached hydrogen (secondary N) is 1. The molecule has 0 spiro atoms. The van der Waals surface area contributed by atoms with Gasteiger partial charge in [0.05, 0.1) is 0 Å². The fraction of sp³-hybridized carbons (Fsp3) is 0.500. The average Bonchev–Trinajstić information content (AvgIpc) is 2.97. The van der Waals surface area contributed by atoms with E-state index in [1.54, 1.807) is 18.8 Å². The van der Waals surface area contributed by atoms with Gasteiger partial charge in [0.2, 0.25) is 0 Å². The molecule has 0 atom stereocenters. The second-order valence-corrected chi connectivity index (χ2v) is 5.02. The maximum atomic E-state index is 11.6. The minimum absolute atomic E-state index is 0.0197. The molecule has 2 rings (SSSR count). The standard InChI is InChI=1S/C14H22N6O/c1-16-13(15)12-5-4-11(20(12)18-3)10-6-8-19(9-7-10)14(21)17-2/h4-5,10H,3,6-9H2,1-2H3,(H2,15,16)(H,17,21). The topological polar surface area (TPSA) is 88.0 Å².